The molecule has 2 aromatic rings. The lowest BCUT2D eigenvalue weighted by atomic mass is 10.1. The highest BCUT2D eigenvalue weighted by Gasteiger charge is 2.12. The van der Waals surface area contributed by atoms with Crippen molar-refractivity contribution >= 4 is 16.6 Å². The van der Waals surface area contributed by atoms with E-state index in [1.807, 2.05) is 12.3 Å². The lowest BCUT2D eigenvalue weighted by Crippen LogP contribution is -2.43. The molecule has 0 atom stereocenters. The van der Waals surface area contributed by atoms with E-state index in [1.165, 1.54) is 11.1 Å². The van der Waals surface area contributed by atoms with Crippen LogP contribution < -0.4 is 10.2 Å². The molecule has 0 unspecified atom stereocenters. The van der Waals surface area contributed by atoms with E-state index in [0.717, 1.165) is 31.7 Å². The Hall–Kier alpha value is -1.61. The molecule has 0 radical (unpaired) electrons. The second kappa shape index (κ2) is 4.10. The SMILES string of the molecule is c1cc(N2CCNCC2)c2cccnc2c1. The molecule has 1 aromatic heterocycles. The number of benzene rings is 1. The van der Waals surface area contributed by atoms with Crippen LogP contribution in [-0.4, -0.2) is 31.2 Å². The third kappa shape index (κ3) is 1.63. The molecule has 0 bridgehead atoms. The molecule has 0 amide bonds. The molecule has 82 valence electrons. The van der Waals surface area contributed by atoms with Gasteiger partial charge in [-0.2, -0.15) is 0 Å². The van der Waals surface area contributed by atoms with Crippen molar-refractivity contribution in [3.8, 4) is 0 Å². The van der Waals surface area contributed by atoms with Gasteiger partial charge < -0.3 is 10.2 Å². The van der Waals surface area contributed by atoms with E-state index in [2.05, 4.69) is 39.5 Å². The number of hydrogen-bond donors (Lipinski definition) is 1. The van der Waals surface area contributed by atoms with E-state index >= 15 is 0 Å². The van der Waals surface area contributed by atoms with Gasteiger partial charge in [-0.05, 0) is 24.3 Å². The van der Waals surface area contributed by atoms with Crippen molar-refractivity contribution in [3.63, 3.8) is 0 Å². The maximum Gasteiger partial charge on any atom is 0.0722 e. The molecule has 1 aromatic carbocycles. The Bertz CT molecular complexity index is 484. The fraction of sp³-hybridized carbons (Fsp3) is 0.308. The van der Waals surface area contributed by atoms with Gasteiger partial charge in [-0.15, -0.1) is 0 Å². The van der Waals surface area contributed by atoms with E-state index in [0.29, 0.717) is 0 Å². The topological polar surface area (TPSA) is 28.2 Å². The van der Waals surface area contributed by atoms with Crippen molar-refractivity contribution in [2.24, 2.45) is 0 Å². The monoisotopic (exact) mass is 213 g/mol. The van der Waals surface area contributed by atoms with Gasteiger partial charge >= 0.3 is 0 Å². The number of rotatable bonds is 1. The van der Waals surface area contributed by atoms with Crippen LogP contribution in [0.15, 0.2) is 36.5 Å². The number of piperazine rings is 1. The molecular weight excluding hydrogens is 198 g/mol. The van der Waals surface area contributed by atoms with Crippen molar-refractivity contribution in [3.05, 3.63) is 36.5 Å². The summed E-state index contributed by atoms with van der Waals surface area (Å²) in [4.78, 5) is 6.83. The van der Waals surface area contributed by atoms with Crippen LogP contribution >= 0.6 is 0 Å². The summed E-state index contributed by atoms with van der Waals surface area (Å²) in [6.07, 6.45) is 1.85. The standard InChI is InChI=1S/C13H15N3/c1-4-12-11(3-2-6-15-12)13(5-1)16-9-7-14-8-10-16/h1-6,14H,7-10H2. The van der Waals surface area contributed by atoms with Crippen LogP contribution in [0.25, 0.3) is 10.9 Å². The Morgan fingerprint density at radius 1 is 1.06 bits per heavy atom. The van der Waals surface area contributed by atoms with E-state index in [-0.39, 0.29) is 0 Å². The Balaban J connectivity index is 2.08. The second-order valence-electron chi connectivity index (χ2n) is 4.08. The van der Waals surface area contributed by atoms with Crippen LogP contribution in [0.4, 0.5) is 5.69 Å². The first-order chi connectivity index (χ1) is 7.95. The zero-order chi connectivity index (χ0) is 10.8. The zero-order valence-electron chi connectivity index (χ0n) is 9.19. The Morgan fingerprint density at radius 3 is 2.81 bits per heavy atom. The minimum atomic E-state index is 1.07. The molecular formula is C13H15N3. The number of hydrogen-bond acceptors (Lipinski definition) is 3. The first kappa shape index (κ1) is 9.60. The fourth-order valence-corrected chi connectivity index (χ4v) is 2.27. The molecule has 1 aliphatic heterocycles. The molecule has 1 N–H and O–H groups in total. The molecule has 0 spiro atoms. The summed E-state index contributed by atoms with van der Waals surface area (Å²) in [5.41, 5.74) is 2.39. The molecule has 1 saturated heterocycles. The van der Waals surface area contributed by atoms with Crippen LogP contribution in [0.2, 0.25) is 0 Å². The van der Waals surface area contributed by atoms with Crippen LogP contribution in [0, 0.1) is 0 Å². The van der Waals surface area contributed by atoms with Crippen molar-refractivity contribution < 1.29 is 0 Å². The van der Waals surface area contributed by atoms with Gasteiger partial charge in [0.1, 0.15) is 0 Å². The van der Waals surface area contributed by atoms with E-state index < -0.39 is 0 Å². The molecule has 16 heavy (non-hydrogen) atoms. The number of pyridine rings is 1. The molecule has 1 aliphatic rings. The molecule has 3 rings (SSSR count). The predicted molar refractivity (Wildman–Crippen MR) is 66.8 cm³/mol. The third-order valence-corrected chi connectivity index (χ3v) is 3.08. The maximum absolute atomic E-state index is 4.39. The molecule has 2 heterocycles. The van der Waals surface area contributed by atoms with E-state index in [4.69, 9.17) is 0 Å². The van der Waals surface area contributed by atoms with Crippen LogP contribution in [-0.2, 0) is 0 Å². The number of aromatic nitrogens is 1. The zero-order valence-corrected chi connectivity index (χ0v) is 9.19. The Kier molecular flexibility index (Phi) is 2.46. The highest BCUT2D eigenvalue weighted by Crippen LogP contribution is 2.25. The maximum atomic E-state index is 4.39. The highest BCUT2D eigenvalue weighted by atomic mass is 15.2. The summed E-state index contributed by atoms with van der Waals surface area (Å²) in [5, 5.41) is 4.63. The van der Waals surface area contributed by atoms with E-state index in [9.17, 15) is 0 Å². The van der Waals surface area contributed by atoms with Crippen molar-refractivity contribution in [2.75, 3.05) is 31.1 Å². The van der Waals surface area contributed by atoms with Gasteiger partial charge in [-0.3, -0.25) is 4.98 Å². The number of nitrogens with zero attached hydrogens (tertiary/aromatic N) is 2. The van der Waals surface area contributed by atoms with Crippen LogP contribution in [0.1, 0.15) is 0 Å². The largest absolute Gasteiger partial charge is 0.368 e. The molecule has 0 saturated carbocycles. The summed E-state index contributed by atoms with van der Waals surface area (Å²) < 4.78 is 0. The summed E-state index contributed by atoms with van der Waals surface area (Å²) >= 11 is 0. The molecule has 0 aliphatic carbocycles. The number of anilines is 1. The summed E-state index contributed by atoms with van der Waals surface area (Å²) in [6, 6.07) is 10.5. The van der Waals surface area contributed by atoms with Gasteiger partial charge in [-0.25, -0.2) is 0 Å². The number of nitrogens with one attached hydrogen (secondary N) is 1. The van der Waals surface area contributed by atoms with Crippen molar-refractivity contribution in [1.29, 1.82) is 0 Å². The van der Waals surface area contributed by atoms with Gasteiger partial charge in [0.25, 0.3) is 0 Å². The number of fused-ring (bicyclic) bond motifs is 1. The van der Waals surface area contributed by atoms with Gasteiger partial charge in [0.2, 0.25) is 0 Å². The summed E-state index contributed by atoms with van der Waals surface area (Å²) in [7, 11) is 0. The average Bonchev–Trinajstić information content (AvgIpc) is 2.39. The summed E-state index contributed by atoms with van der Waals surface area (Å²) in [5.74, 6) is 0. The lowest BCUT2D eigenvalue weighted by molar-refractivity contribution is 0.590. The smallest absolute Gasteiger partial charge is 0.0722 e. The lowest BCUT2D eigenvalue weighted by Gasteiger charge is -2.30. The normalized spacial score (nSPS) is 16.6. The van der Waals surface area contributed by atoms with E-state index in [1.54, 1.807) is 0 Å². The highest BCUT2D eigenvalue weighted by molar-refractivity contribution is 5.91. The summed E-state index contributed by atoms with van der Waals surface area (Å²) in [6.45, 7) is 4.29. The minimum Gasteiger partial charge on any atom is -0.368 e. The Labute approximate surface area is 95.1 Å². The second-order valence-corrected chi connectivity index (χ2v) is 4.08. The quantitative estimate of drug-likeness (QED) is 0.780. The van der Waals surface area contributed by atoms with Gasteiger partial charge in [0.05, 0.1) is 5.52 Å². The van der Waals surface area contributed by atoms with Crippen LogP contribution in [0.5, 0.6) is 0 Å². The predicted octanol–water partition coefficient (Wildman–Crippen LogP) is 1.64. The average molecular weight is 213 g/mol. The third-order valence-electron chi connectivity index (χ3n) is 3.08. The minimum absolute atomic E-state index is 1.07. The van der Waals surface area contributed by atoms with Crippen LogP contribution in [0.3, 0.4) is 0 Å². The van der Waals surface area contributed by atoms with Gasteiger partial charge in [0, 0.05) is 43.4 Å². The fourth-order valence-electron chi connectivity index (χ4n) is 2.27. The first-order valence-corrected chi connectivity index (χ1v) is 5.74. The molecule has 3 nitrogen and oxygen atoms in total. The molecule has 3 heteroatoms. The van der Waals surface area contributed by atoms with Gasteiger partial charge in [-0.1, -0.05) is 6.07 Å². The van der Waals surface area contributed by atoms with Gasteiger partial charge in [0.15, 0.2) is 0 Å². The molecule has 1 fully saturated rings. The van der Waals surface area contributed by atoms with Crippen molar-refractivity contribution in [1.82, 2.24) is 10.3 Å². The Morgan fingerprint density at radius 2 is 1.94 bits per heavy atom. The first-order valence-electron chi connectivity index (χ1n) is 5.74. The van der Waals surface area contributed by atoms with Crippen molar-refractivity contribution in [2.45, 2.75) is 0 Å².